The van der Waals surface area contributed by atoms with Crippen LogP contribution in [0.2, 0.25) is 0 Å². The Labute approximate surface area is 318 Å². The molecule has 0 aliphatic carbocycles. The number of ether oxygens (including phenoxy) is 3. The van der Waals surface area contributed by atoms with Crippen LogP contribution in [-0.4, -0.2) is 61.1 Å². The van der Waals surface area contributed by atoms with Crippen LogP contribution in [0.1, 0.15) is 74.8 Å². The second kappa shape index (κ2) is 19.3. The molecule has 0 radical (unpaired) electrons. The fourth-order valence-electron chi connectivity index (χ4n) is 6.92. The average Bonchev–Trinajstić information content (AvgIpc) is 3.69. The second-order valence-electron chi connectivity index (χ2n) is 13.9. The molecule has 6 rings (SSSR count). The number of aromatic nitrogens is 1. The van der Waals surface area contributed by atoms with Crippen molar-refractivity contribution in [2.24, 2.45) is 0 Å². The summed E-state index contributed by atoms with van der Waals surface area (Å²) in [6.07, 6.45) is 10.8. The number of pyridine rings is 1. The molecule has 1 amide bonds. The minimum atomic E-state index is -1.23. The van der Waals surface area contributed by atoms with E-state index >= 15 is 0 Å². The zero-order valence-electron chi connectivity index (χ0n) is 31.4. The molecule has 2 aliphatic rings. The smallest absolute Gasteiger partial charge is 0.251 e. The van der Waals surface area contributed by atoms with E-state index in [1.54, 1.807) is 0 Å². The molecule has 1 fully saturated rings. The molecular weight excluding hydrogens is 683 g/mol. The largest absolute Gasteiger partial charge is 0.611 e. The van der Waals surface area contributed by atoms with Crippen molar-refractivity contribution >= 4 is 34.5 Å². The summed E-state index contributed by atoms with van der Waals surface area (Å²) >= 11 is -1.23. The number of aryl methyl sites for hydroxylation is 2. The Hall–Kier alpha value is -4.15. The van der Waals surface area contributed by atoms with Crippen LogP contribution in [0, 0.1) is 6.92 Å². The predicted molar refractivity (Wildman–Crippen MR) is 215 cm³/mol. The van der Waals surface area contributed by atoms with Gasteiger partial charge in [0.1, 0.15) is 18.1 Å². The summed E-state index contributed by atoms with van der Waals surface area (Å²) in [5.74, 6) is 1.10. The highest BCUT2D eigenvalue weighted by Crippen LogP contribution is 2.34. The third-order valence-electron chi connectivity index (χ3n) is 9.90. The number of benzene rings is 3. The molecule has 1 N–H and O–H groups in total. The Morgan fingerprint density at radius 1 is 0.981 bits per heavy atom. The number of anilines is 2. The van der Waals surface area contributed by atoms with E-state index in [2.05, 4.69) is 71.5 Å². The van der Waals surface area contributed by atoms with Gasteiger partial charge in [0, 0.05) is 60.7 Å². The lowest BCUT2D eigenvalue weighted by atomic mass is 9.96. The monoisotopic (exact) mass is 735 g/mol. The maximum absolute atomic E-state index is 13.8. The van der Waals surface area contributed by atoms with Gasteiger partial charge in [0.25, 0.3) is 5.91 Å². The van der Waals surface area contributed by atoms with Crippen molar-refractivity contribution in [2.45, 2.75) is 82.5 Å². The molecule has 3 heterocycles. The van der Waals surface area contributed by atoms with Crippen LogP contribution in [0.25, 0.3) is 17.2 Å². The van der Waals surface area contributed by atoms with Crippen molar-refractivity contribution in [3.63, 3.8) is 0 Å². The first-order valence-corrected chi connectivity index (χ1v) is 20.5. The van der Waals surface area contributed by atoms with E-state index in [0.29, 0.717) is 31.1 Å². The molecule has 2 aliphatic heterocycles. The lowest BCUT2D eigenvalue weighted by Gasteiger charge is -2.31. The van der Waals surface area contributed by atoms with Gasteiger partial charge in [0.05, 0.1) is 12.7 Å². The first-order valence-electron chi connectivity index (χ1n) is 19.2. The summed E-state index contributed by atoms with van der Waals surface area (Å²) in [5, 5.41) is 3.11. The van der Waals surface area contributed by atoms with Crippen LogP contribution in [0.5, 0.6) is 5.75 Å². The third-order valence-corrected chi connectivity index (χ3v) is 11.3. The minimum absolute atomic E-state index is 0.124. The number of nitrogens with one attached hydrogen (secondary N) is 1. The lowest BCUT2D eigenvalue weighted by molar-refractivity contribution is -0.112. The normalized spacial score (nSPS) is 17.3. The summed E-state index contributed by atoms with van der Waals surface area (Å²) < 4.78 is 30.8. The molecule has 0 spiro atoms. The number of fused-ring (bicyclic) bond motifs is 1. The van der Waals surface area contributed by atoms with Gasteiger partial charge in [-0.3, -0.25) is 9.78 Å². The maximum Gasteiger partial charge on any atom is 0.251 e. The molecule has 8 nitrogen and oxygen atoms in total. The van der Waals surface area contributed by atoms with Gasteiger partial charge in [-0.2, -0.15) is 0 Å². The van der Waals surface area contributed by atoms with Crippen molar-refractivity contribution in [1.29, 1.82) is 0 Å². The van der Waals surface area contributed by atoms with Gasteiger partial charge in [-0.15, -0.1) is 0 Å². The number of unbranched alkanes of at least 4 members (excludes halogenated alkanes) is 1. The van der Waals surface area contributed by atoms with E-state index in [1.165, 1.54) is 5.56 Å². The van der Waals surface area contributed by atoms with Crippen LogP contribution < -0.4 is 15.0 Å². The summed E-state index contributed by atoms with van der Waals surface area (Å²) in [6, 6.07) is 24.1. The first-order chi connectivity index (χ1) is 25.9. The highest BCUT2D eigenvalue weighted by molar-refractivity contribution is 7.90. The number of rotatable bonds is 16. The van der Waals surface area contributed by atoms with E-state index in [9.17, 15) is 9.35 Å². The SMILES string of the molecule is CCCCOCCOc1ccc(-c2ccc3c(c2)/C=C(/C(=O)Nc2ccc([S@@+]([O-])Cc4cnc(C)cc4CC)cc2)CCCN3C[C@H]2CCCO2)cc1. The zero-order valence-corrected chi connectivity index (χ0v) is 32.2. The molecule has 280 valence electrons. The molecule has 0 saturated carbocycles. The molecule has 4 aromatic rings. The third kappa shape index (κ3) is 10.7. The Morgan fingerprint density at radius 2 is 1.79 bits per heavy atom. The molecule has 1 aromatic heterocycles. The van der Waals surface area contributed by atoms with Crippen molar-refractivity contribution < 1.29 is 23.6 Å². The van der Waals surface area contributed by atoms with Crippen molar-refractivity contribution in [1.82, 2.24) is 4.98 Å². The summed E-state index contributed by atoms with van der Waals surface area (Å²) in [6.45, 7) is 10.6. The van der Waals surface area contributed by atoms with Crippen LogP contribution in [-0.2, 0) is 37.6 Å². The summed E-state index contributed by atoms with van der Waals surface area (Å²) in [7, 11) is 0. The second-order valence-corrected chi connectivity index (χ2v) is 15.3. The van der Waals surface area contributed by atoms with Crippen molar-refractivity contribution in [3.05, 3.63) is 107 Å². The number of amides is 1. The maximum atomic E-state index is 13.8. The number of hydrogen-bond acceptors (Lipinski definition) is 7. The van der Waals surface area contributed by atoms with E-state index in [0.717, 1.165) is 115 Å². The molecule has 0 bridgehead atoms. The van der Waals surface area contributed by atoms with Gasteiger partial charge in [0.15, 0.2) is 4.90 Å². The molecule has 9 heteroatoms. The topological polar surface area (TPSA) is 96.0 Å². The summed E-state index contributed by atoms with van der Waals surface area (Å²) in [5.41, 5.74) is 8.83. The van der Waals surface area contributed by atoms with Gasteiger partial charge < -0.3 is 29.0 Å². The molecule has 0 unspecified atom stereocenters. The van der Waals surface area contributed by atoms with Gasteiger partial charge in [-0.25, -0.2) is 0 Å². The van der Waals surface area contributed by atoms with E-state index in [-0.39, 0.29) is 12.0 Å². The van der Waals surface area contributed by atoms with Crippen molar-refractivity contribution in [2.75, 3.05) is 49.7 Å². The fraction of sp³-hybridized carbons (Fsp3) is 0.409. The Kier molecular flexibility index (Phi) is 14.0. The highest BCUT2D eigenvalue weighted by Gasteiger charge is 2.24. The summed E-state index contributed by atoms with van der Waals surface area (Å²) in [4.78, 5) is 21.4. The predicted octanol–water partition coefficient (Wildman–Crippen LogP) is 8.92. The van der Waals surface area contributed by atoms with E-state index in [4.69, 9.17) is 14.2 Å². The quantitative estimate of drug-likeness (QED) is 0.0907. The molecule has 1 saturated heterocycles. The molecule has 3 aromatic carbocycles. The Balaban J connectivity index is 1.17. The average molecular weight is 736 g/mol. The van der Waals surface area contributed by atoms with Gasteiger partial charge in [-0.05, 0) is 140 Å². The van der Waals surface area contributed by atoms with E-state index in [1.807, 2.05) is 49.5 Å². The van der Waals surface area contributed by atoms with Gasteiger partial charge >= 0.3 is 0 Å². The molecular formula is C44H53N3O5S. The lowest BCUT2D eigenvalue weighted by Crippen LogP contribution is -2.34. The minimum Gasteiger partial charge on any atom is -0.611 e. The van der Waals surface area contributed by atoms with Crippen LogP contribution in [0.4, 0.5) is 11.4 Å². The van der Waals surface area contributed by atoms with Gasteiger partial charge in [-0.1, -0.05) is 38.5 Å². The standard InChI is InChI=1S/C44H53N3O5S/c1-4-6-22-50-24-25-52-40-16-11-34(12-17-40)35-13-20-43-37(27-35)28-36(9-7-21-47(43)30-41-10-8-23-51-41)44(48)46-39-14-18-42(19-15-39)53(49)31-38-29-45-32(3)26-33(38)5-2/h11-20,26-29,41H,4-10,21-25,30-31H2,1-3H3,(H,46,48)/b36-28+/t41-,53+/m1/s1. The van der Waals surface area contributed by atoms with Crippen LogP contribution in [0.15, 0.2) is 89.5 Å². The number of carbonyl (C=O) groups is 1. The van der Waals surface area contributed by atoms with Crippen LogP contribution in [0.3, 0.4) is 0 Å². The first kappa shape index (κ1) is 38.6. The molecule has 2 atom stereocenters. The van der Waals surface area contributed by atoms with Gasteiger partial charge in [0.2, 0.25) is 0 Å². The Bertz CT molecular complexity index is 1820. The number of nitrogens with zero attached hydrogens (tertiary/aromatic N) is 2. The number of hydrogen-bond donors (Lipinski definition) is 1. The van der Waals surface area contributed by atoms with E-state index < -0.39 is 11.2 Å². The highest BCUT2D eigenvalue weighted by atomic mass is 32.2. The Morgan fingerprint density at radius 3 is 2.55 bits per heavy atom. The van der Waals surface area contributed by atoms with Crippen LogP contribution >= 0.6 is 0 Å². The zero-order chi connectivity index (χ0) is 37.0. The fourth-order valence-corrected chi connectivity index (χ4v) is 8.07. The number of carbonyl (C=O) groups excluding carboxylic acids is 1. The van der Waals surface area contributed by atoms with Crippen molar-refractivity contribution in [3.8, 4) is 16.9 Å². The molecule has 53 heavy (non-hydrogen) atoms.